The smallest absolute Gasteiger partial charge is 0.265 e. The van der Waals surface area contributed by atoms with Crippen LogP contribution in [0.1, 0.15) is 5.56 Å². The maximum absolute atomic E-state index is 11.7. The highest BCUT2D eigenvalue weighted by Crippen LogP contribution is 2.52. The summed E-state index contributed by atoms with van der Waals surface area (Å²) in [5.41, 5.74) is 1.17. The van der Waals surface area contributed by atoms with Crippen molar-refractivity contribution in [2.75, 3.05) is 7.11 Å². The summed E-state index contributed by atoms with van der Waals surface area (Å²) >= 11 is 3.85. The molecule has 2 heterocycles. The third-order valence-corrected chi connectivity index (χ3v) is 5.74. The lowest BCUT2D eigenvalue weighted by Gasteiger charge is -2.40. The monoisotopic (exact) mass is 359 g/mol. The molecule has 5 heteroatoms. The van der Waals surface area contributed by atoms with Gasteiger partial charge in [0.15, 0.2) is 6.10 Å². The third-order valence-electron chi connectivity index (χ3n) is 2.96. The van der Waals surface area contributed by atoms with Gasteiger partial charge in [0.25, 0.3) is 5.91 Å². The second-order valence-electron chi connectivity index (χ2n) is 3.90. The summed E-state index contributed by atoms with van der Waals surface area (Å²) in [5.74, 6) is 0.0718. The summed E-state index contributed by atoms with van der Waals surface area (Å²) in [7, 11) is 1.59. The van der Waals surface area contributed by atoms with Gasteiger partial charge in [-0.25, -0.2) is 0 Å². The summed E-state index contributed by atoms with van der Waals surface area (Å²) in [5, 5.41) is 0. The molecule has 1 fully saturated rings. The lowest BCUT2D eigenvalue weighted by Crippen LogP contribution is -2.60. The van der Waals surface area contributed by atoms with E-state index in [-0.39, 0.29) is 18.1 Å². The van der Waals surface area contributed by atoms with Gasteiger partial charge in [-0.15, -0.1) is 0 Å². The van der Waals surface area contributed by atoms with Crippen molar-refractivity contribution in [2.45, 2.75) is 12.1 Å². The van der Waals surface area contributed by atoms with E-state index in [1.165, 1.54) is 26.0 Å². The molecule has 0 saturated carbocycles. The number of methoxy groups -OCH3 is 1. The number of halogens is 1. The molecule has 0 N–H and O–H groups in total. The van der Waals surface area contributed by atoms with Crippen molar-refractivity contribution in [2.24, 2.45) is 0 Å². The predicted molar refractivity (Wildman–Crippen MR) is 76.4 cm³/mol. The van der Waals surface area contributed by atoms with Crippen LogP contribution in [-0.4, -0.2) is 29.5 Å². The van der Waals surface area contributed by atoms with Crippen LogP contribution < -0.4 is 0 Å². The van der Waals surface area contributed by atoms with E-state index in [2.05, 4.69) is 34.7 Å². The molecule has 0 aliphatic carbocycles. The zero-order chi connectivity index (χ0) is 12.0. The number of nitrogens with zero attached hydrogens (tertiary/aromatic N) is 1. The molecule has 0 bridgehead atoms. The van der Waals surface area contributed by atoms with Gasteiger partial charge in [0.05, 0.1) is 0 Å². The maximum Gasteiger partial charge on any atom is 0.265 e. The van der Waals surface area contributed by atoms with Gasteiger partial charge in [-0.05, 0) is 40.1 Å². The Kier molecular flexibility index (Phi) is 2.92. The lowest BCUT2D eigenvalue weighted by atomic mass is 10.0. The van der Waals surface area contributed by atoms with Crippen LogP contribution in [0.3, 0.4) is 0 Å². The van der Waals surface area contributed by atoms with E-state index >= 15 is 0 Å². The van der Waals surface area contributed by atoms with Gasteiger partial charge < -0.3 is 4.74 Å². The highest BCUT2D eigenvalue weighted by Gasteiger charge is 2.54. The summed E-state index contributed by atoms with van der Waals surface area (Å²) in [4.78, 5) is 12.9. The highest BCUT2D eigenvalue weighted by molar-refractivity contribution is 14.1. The van der Waals surface area contributed by atoms with E-state index < -0.39 is 0 Å². The lowest BCUT2D eigenvalue weighted by molar-refractivity contribution is -0.153. The van der Waals surface area contributed by atoms with Crippen LogP contribution in [0.4, 0.5) is 0 Å². The zero-order valence-corrected chi connectivity index (χ0v) is 12.1. The molecule has 0 aromatic heterocycles. The summed E-state index contributed by atoms with van der Waals surface area (Å²) in [6.45, 7) is 0. The van der Waals surface area contributed by atoms with Crippen LogP contribution in [0.2, 0.25) is 0 Å². The fourth-order valence-corrected chi connectivity index (χ4v) is 4.63. The maximum atomic E-state index is 11.7. The number of amides is 1. The number of carbonyl (C=O) groups excluding carboxylic acids is 1. The molecule has 0 unspecified atom stereocenters. The number of hydrogen-bond acceptors (Lipinski definition) is 3. The van der Waals surface area contributed by atoms with Crippen LogP contribution in [0.5, 0.6) is 0 Å². The van der Waals surface area contributed by atoms with Gasteiger partial charge in [0.2, 0.25) is 0 Å². The van der Waals surface area contributed by atoms with Gasteiger partial charge in [0, 0.05) is 15.6 Å². The van der Waals surface area contributed by atoms with Crippen molar-refractivity contribution in [3.63, 3.8) is 0 Å². The average molecular weight is 359 g/mol. The SMILES string of the molecule is CO[C@H]1C(=O)N2SC(c3ccccc3)=C(I)[C@@H]12. The standard InChI is InChI=1S/C12H10INO2S/c1-16-10-9-8(13)11(17-14(9)12(10)15)7-5-3-2-4-6-7/h2-6,9-10H,1H3/t9-,10+/m0/s1. The molecule has 1 amide bonds. The van der Waals surface area contributed by atoms with Gasteiger partial charge in [0.1, 0.15) is 6.04 Å². The molecule has 0 spiro atoms. The van der Waals surface area contributed by atoms with Crippen molar-refractivity contribution in [3.8, 4) is 0 Å². The van der Waals surface area contributed by atoms with Gasteiger partial charge in [-0.2, -0.15) is 0 Å². The molecule has 3 rings (SSSR count). The number of benzene rings is 1. The minimum atomic E-state index is -0.296. The van der Waals surface area contributed by atoms with Crippen LogP contribution in [0.15, 0.2) is 33.9 Å². The van der Waals surface area contributed by atoms with Crippen molar-refractivity contribution in [1.82, 2.24) is 4.31 Å². The van der Waals surface area contributed by atoms with Crippen LogP contribution in [0.25, 0.3) is 4.91 Å². The number of ether oxygens (including phenoxy) is 1. The Labute approximate surface area is 117 Å². The molecule has 2 aliphatic rings. The third kappa shape index (κ3) is 1.63. The van der Waals surface area contributed by atoms with Crippen LogP contribution >= 0.6 is 34.5 Å². The topological polar surface area (TPSA) is 29.5 Å². The second kappa shape index (κ2) is 4.29. The Hall–Kier alpha value is -0.530. The minimum absolute atomic E-state index is 0.0718. The average Bonchev–Trinajstić information content (AvgIpc) is 2.65. The molecule has 3 nitrogen and oxygen atoms in total. The van der Waals surface area contributed by atoms with Crippen molar-refractivity contribution >= 4 is 45.4 Å². The van der Waals surface area contributed by atoms with E-state index in [4.69, 9.17) is 4.74 Å². The highest BCUT2D eigenvalue weighted by atomic mass is 127. The fourth-order valence-electron chi connectivity index (χ4n) is 2.06. The fraction of sp³-hybridized carbons (Fsp3) is 0.250. The van der Waals surface area contributed by atoms with Crippen molar-refractivity contribution in [3.05, 3.63) is 39.5 Å². The first-order valence-corrected chi connectivity index (χ1v) is 7.08. The van der Waals surface area contributed by atoms with Gasteiger partial charge in [-0.1, -0.05) is 30.3 Å². The van der Waals surface area contributed by atoms with Crippen molar-refractivity contribution in [1.29, 1.82) is 0 Å². The Balaban J connectivity index is 1.96. The largest absolute Gasteiger partial charge is 0.369 e. The molecule has 2 aliphatic heterocycles. The Morgan fingerprint density at radius 1 is 1.35 bits per heavy atom. The molecule has 88 valence electrons. The van der Waals surface area contributed by atoms with E-state index in [9.17, 15) is 4.79 Å². The summed E-state index contributed by atoms with van der Waals surface area (Å²) in [6.07, 6.45) is -0.296. The normalized spacial score (nSPS) is 27.2. The van der Waals surface area contributed by atoms with Gasteiger partial charge >= 0.3 is 0 Å². The molecule has 0 radical (unpaired) electrons. The first-order valence-electron chi connectivity index (χ1n) is 5.23. The molecular weight excluding hydrogens is 349 g/mol. The Bertz CT molecular complexity index is 502. The number of carbonyl (C=O) groups is 1. The Morgan fingerprint density at radius 2 is 2.06 bits per heavy atom. The van der Waals surface area contributed by atoms with Crippen LogP contribution in [0, 0.1) is 0 Å². The van der Waals surface area contributed by atoms with Gasteiger partial charge in [-0.3, -0.25) is 9.10 Å². The van der Waals surface area contributed by atoms with Crippen molar-refractivity contribution < 1.29 is 9.53 Å². The Morgan fingerprint density at radius 3 is 2.71 bits per heavy atom. The second-order valence-corrected chi connectivity index (χ2v) is 6.05. The quantitative estimate of drug-likeness (QED) is 0.462. The molecule has 1 saturated heterocycles. The molecule has 17 heavy (non-hydrogen) atoms. The number of hydrogen-bond donors (Lipinski definition) is 0. The zero-order valence-electron chi connectivity index (χ0n) is 9.09. The number of rotatable bonds is 2. The predicted octanol–water partition coefficient (Wildman–Crippen LogP) is 2.68. The van der Waals surface area contributed by atoms with E-state index in [1.807, 2.05) is 18.2 Å². The molecule has 1 aromatic carbocycles. The van der Waals surface area contributed by atoms with E-state index in [0.717, 1.165) is 0 Å². The molecular formula is C12H10INO2S. The summed E-state index contributed by atoms with van der Waals surface area (Å²) < 4.78 is 8.23. The minimum Gasteiger partial charge on any atom is -0.369 e. The van der Waals surface area contributed by atoms with Crippen LogP contribution in [-0.2, 0) is 9.53 Å². The first kappa shape index (κ1) is 11.6. The first-order chi connectivity index (χ1) is 8.24. The molecule has 1 aromatic rings. The molecule has 2 atom stereocenters. The number of fused-ring (bicyclic) bond motifs is 1. The van der Waals surface area contributed by atoms with E-state index in [1.54, 1.807) is 11.4 Å². The summed E-state index contributed by atoms with van der Waals surface area (Å²) in [6, 6.07) is 10.3. The van der Waals surface area contributed by atoms with E-state index in [0.29, 0.717) is 0 Å². The number of β-lactam (4-membered cyclic amide) rings is 1.